The van der Waals surface area contributed by atoms with Gasteiger partial charge in [0.25, 0.3) is 0 Å². The first-order chi connectivity index (χ1) is 11.1. The SMILES string of the molecule is O=C1/C(=C/c2cccc(Cl)c2)CNC/C1=C\c1cccc(Cl)c1. The van der Waals surface area contributed by atoms with Gasteiger partial charge in [-0.3, -0.25) is 4.79 Å². The number of carbonyl (C=O) groups is 1. The number of halogens is 2. The molecule has 1 heterocycles. The third-order valence-corrected chi connectivity index (χ3v) is 4.06. The summed E-state index contributed by atoms with van der Waals surface area (Å²) in [5.74, 6) is 0.0590. The second-order valence-corrected chi connectivity index (χ2v) is 6.25. The van der Waals surface area contributed by atoms with E-state index in [1.165, 1.54) is 0 Å². The van der Waals surface area contributed by atoms with E-state index >= 15 is 0 Å². The number of ketones is 1. The lowest BCUT2D eigenvalue weighted by Crippen LogP contribution is -2.32. The molecule has 0 spiro atoms. The van der Waals surface area contributed by atoms with Crippen LogP contribution in [-0.4, -0.2) is 18.9 Å². The molecule has 0 atom stereocenters. The van der Waals surface area contributed by atoms with Gasteiger partial charge in [-0.15, -0.1) is 0 Å². The van der Waals surface area contributed by atoms with Crippen LogP contribution in [0.15, 0.2) is 59.7 Å². The number of nitrogens with one attached hydrogen (secondary N) is 1. The zero-order valence-corrected chi connectivity index (χ0v) is 13.9. The summed E-state index contributed by atoms with van der Waals surface area (Å²) in [4.78, 5) is 12.7. The molecule has 0 unspecified atom stereocenters. The average Bonchev–Trinajstić information content (AvgIpc) is 2.51. The third kappa shape index (κ3) is 4.11. The smallest absolute Gasteiger partial charge is 0.187 e. The molecular weight excluding hydrogens is 329 g/mol. The van der Waals surface area contributed by atoms with E-state index in [2.05, 4.69) is 5.32 Å². The van der Waals surface area contributed by atoms with Crippen LogP contribution in [0.1, 0.15) is 11.1 Å². The van der Waals surface area contributed by atoms with E-state index in [4.69, 9.17) is 23.2 Å². The Kier molecular flexibility index (Phi) is 4.97. The van der Waals surface area contributed by atoms with Crippen LogP contribution in [0.4, 0.5) is 0 Å². The largest absolute Gasteiger partial charge is 0.308 e. The molecule has 0 saturated carbocycles. The lowest BCUT2D eigenvalue weighted by atomic mass is 9.95. The Hall–Kier alpha value is -1.87. The monoisotopic (exact) mass is 343 g/mol. The molecule has 0 aromatic heterocycles. The molecule has 0 radical (unpaired) electrons. The van der Waals surface area contributed by atoms with Crippen molar-refractivity contribution < 1.29 is 4.79 Å². The molecule has 23 heavy (non-hydrogen) atoms. The Bertz CT molecular complexity index is 743. The minimum atomic E-state index is 0.0590. The molecule has 3 rings (SSSR count). The first-order valence-corrected chi connectivity index (χ1v) is 8.05. The number of hydrogen-bond acceptors (Lipinski definition) is 2. The lowest BCUT2D eigenvalue weighted by Gasteiger charge is -2.18. The molecule has 1 saturated heterocycles. The summed E-state index contributed by atoms with van der Waals surface area (Å²) >= 11 is 12.0. The Morgan fingerprint density at radius 2 is 1.30 bits per heavy atom. The van der Waals surface area contributed by atoms with Gasteiger partial charge in [-0.2, -0.15) is 0 Å². The third-order valence-electron chi connectivity index (χ3n) is 3.59. The van der Waals surface area contributed by atoms with E-state index < -0.39 is 0 Å². The van der Waals surface area contributed by atoms with Crippen molar-refractivity contribution >= 4 is 41.1 Å². The minimum Gasteiger partial charge on any atom is -0.308 e. The highest BCUT2D eigenvalue weighted by Crippen LogP contribution is 2.20. The number of benzene rings is 2. The van der Waals surface area contributed by atoms with Crippen LogP contribution in [-0.2, 0) is 4.79 Å². The summed E-state index contributed by atoms with van der Waals surface area (Å²) in [7, 11) is 0. The summed E-state index contributed by atoms with van der Waals surface area (Å²) in [6.07, 6.45) is 3.76. The van der Waals surface area contributed by atoms with Crippen molar-refractivity contribution in [2.45, 2.75) is 0 Å². The van der Waals surface area contributed by atoms with Crippen molar-refractivity contribution in [3.63, 3.8) is 0 Å². The first-order valence-electron chi connectivity index (χ1n) is 7.29. The molecule has 1 N–H and O–H groups in total. The predicted octanol–water partition coefficient (Wildman–Crippen LogP) is 4.63. The number of rotatable bonds is 2. The van der Waals surface area contributed by atoms with Crippen LogP contribution in [0.25, 0.3) is 12.2 Å². The van der Waals surface area contributed by atoms with Crippen molar-refractivity contribution in [3.05, 3.63) is 80.8 Å². The van der Waals surface area contributed by atoms with E-state index in [-0.39, 0.29) is 5.78 Å². The van der Waals surface area contributed by atoms with Crippen molar-refractivity contribution in [2.24, 2.45) is 0 Å². The molecule has 2 nitrogen and oxygen atoms in total. The van der Waals surface area contributed by atoms with Gasteiger partial charge < -0.3 is 5.32 Å². The molecule has 4 heteroatoms. The number of piperidine rings is 1. The van der Waals surface area contributed by atoms with E-state index in [1.54, 1.807) is 0 Å². The van der Waals surface area contributed by atoms with Gasteiger partial charge in [0.2, 0.25) is 0 Å². The Balaban J connectivity index is 1.89. The molecule has 0 bridgehead atoms. The van der Waals surface area contributed by atoms with Gasteiger partial charge in [-0.05, 0) is 47.5 Å². The maximum atomic E-state index is 12.7. The highest BCUT2D eigenvalue weighted by Gasteiger charge is 2.20. The average molecular weight is 344 g/mol. The van der Waals surface area contributed by atoms with E-state index in [0.29, 0.717) is 23.1 Å². The van der Waals surface area contributed by atoms with E-state index in [0.717, 1.165) is 22.3 Å². The maximum absolute atomic E-state index is 12.7. The quantitative estimate of drug-likeness (QED) is 0.805. The lowest BCUT2D eigenvalue weighted by molar-refractivity contribution is -0.112. The van der Waals surface area contributed by atoms with E-state index in [9.17, 15) is 4.79 Å². The fourth-order valence-corrected chi connectivity index (χ4v) is 2.92. The molecule has 1 aliphatic heterocycles. The summed E-state index contributed by atoms with van der Waals surface area (Å²) < 4.78 is 0. The zero-order chi connectivity index (χ0) is 16.2. The number of carbonyl (C=O) groups excluding carboxylic acids is 1. The highest BCUT2D eigenvalue weighted by molar-refractivity contribution is 6.31. The summed E-state index contributed by atoms with van der Waals surface area (Å²) in [6, 6.07) is 14.9. The molecule has 116 valence electrons. The van der Waals surface area contributed by atoms with Gasteiger partial charge in [0.05, 0.1) is 0 Å². The molecule has 0 amide bonds. The Morgan fingerprint density at radius 1 is 0.826 bits per heavy atom. The topological polar surface area (TPSA) is 29.1 Å². The van der Waals surface area contributed by atoms with Crippen molar-refractivity contribution in [1.82, 2.24) is 5.32 Å². The normalized spacial score (nSPS) is 18.6. The minimum absolute atomic E-state index is 0.0590. The number of hydrogen-bond donors (Lipinski definition) is 1. The number of Topliss-reactive ketones (excluding diaryl/α,β-unsaturated/α-hetero) is 1. The maximum Gasteiger partial charge on any atom is 0.187 e. The molecule has 2 aromatic carbocycles. The van der Waals surface area contributed by atoms with Crippen molar-refractivity contribution in [1.29, 1.82) is 0 Å². The van der Waals surface area contributed by atoms with Crippen LogP contribution in [0.5, 0.6) is 0 Å². The van der Waals surface area contributed by atoms with E-state index in [1.807, 2.05) is 60.7 Å². The molecule has 1 fully saturated rings. The van der Waals surface area contributed by atoms with Crippen LogP contribution in [0.3, 0.4) is 0 Å². The Labute approximate surface area is 145 Å². The van der Waals surface area contributed by atoms with Crippen LogP contribution in [0, 0.1) is 0 Å². The summed E-state index contributed by atoms with van der Waals surface area (Å²) in [6.45, 7) is 1.11. The molecule has 2 aromatic rings. The van der Waals surface area contributed by atoms with Gasteiger partial charge in [-0.25, -0.2) is 0 Å². The summed E-state index contributed by atoms with van der Waals surface area (Å²) in [5.41, 5.74) is 3.30. The van der Waals surface area contributed by atoms with Crippen molar-refractivity contribution in [2.75, 3.05) is 13.1 Å². The van der Waals surface area contributed by atoms with Crippen LogP contribution < -0.4 is 5.32 Å². The van der Waals surface area contributed by atoms with Crippen LogP contribution in [0.2, 0.25) is 10.0 Å². The van der Waals surface area contributed by atoms with Gasteiger partial charge in [0.15, 0.2) is 5.78 Å². The fraction of sp³-hybridized carbons (Fsp3) is 0.105. The molecular formula is C19H15Cl2NO. The van der Waals surface area contributed by atoms with Gasteiger partial charge >= 0.3 is 0 Å². The molecule has 1 aliphatic rings. The summed E-state index contributed by atoms with van der Waals surface area (Å²) in [5, 5.41) is 4.58. The van der Waals surface area contributed by atoms with Gasteiger partial charge in [0, 0.05) is 34.3 Å². The fourth-order valence-electron chi connectivity index (χ4n) is 2.53. The van der Waals surface area contributed by atoms with Crippen LogP contribution >= 0.6 is 23.2 Å². The second kappa shape index (κ2) is 7.14. The highest BCUT2D eigenvalue weighted by atomic mass is 35.5. The first kappa shape index (κ1) is 16.0. The standard InChI is InChI=1S/C19H15Cl2NO/c20-17-5-1-3-13(9-17)7-15-11-22-12-16(19(15)23)8-14-4-2-6-18(21)10-14/h1-10,22H,11-12H2/b15-7+,16-8+. The predicted molar refractivity (Wildman–Crippen MR) is 96.7 cm³/mol. The van der Waals surface area contributed by atoms with Crippen molar-refractivity contribution in [3.8, 4) is 0 Å². The molecule has 0 aliphatic carbocycles. The zero-order valence-electron chi connectivity index (χ0n) is 12.4. The second-order valence-electron chi connectivity index (χ2n) is 5.38. The van der Waals surface area contributed by atoms with Gasteiger partial charge in [-0.1, -0.05) is 47.5 Å². The Morgan fingerprint density at radius 3 is 1.74 bits per heavy atom. The van der Waals surface area contributed by atoms with Gasteiger partial charge in [0.1, 0.15) is 0 Å².